The van der Waals surface area contributed by atoms with Crippen molar-refractivity contribution in [2.24, 2.45) is 0 Å². The van der Waals surface area contributed by atoms with Crippen molar-refractivity contribution in [2.45, 2.75) is 25.3 Å². The van der Waals surface area contributed by atoms with E-state index < -0.39 is 10.0 Å². The highest BCUT2D eigenvalue weighted by molar-refractivity contribution is 7.89. The Morgan fingerprint density at radius 2 is 1.71 bits per heavy atom. The number of nitriles is 1. The zero-order valence-corrected chi connectivity index (χ0v) is 14.5. The van der Waals surface area contributed by atoms with Crippen LogP contribution in [-0.4, -0.2) is 30.4 Å². The van der Waals surface area contributed by atoms with E-state index in [2.05, 4.69) is 0 Å². The van der Waals surface area contributed by atoms with Crippen molar-refractivity contribution in [3.63, 3.8) is 0 Å². The van der Waals surface area contributed by atoms with E-state index in [0.717, 1.165) is 5.56 Å². The van der Waals surface area contributed by atoms with Gasteiger partial charge in [-0.1, -0.05) is 26.0 Å². The number of pyridine rings is 1. The molecule has 0 saturated heterocycles. The summed E-state index contributed by atoms with van der Waals surface area (Å²) in [6.07, 6.45) is 1.37. The maximum Gasteiger partial charge on any atom is 0.250 e. The molecule has 6 nitrogen and oxygen atoms in total. The second kappa shape index (κ2) is 7.43. The molecule has 1 aromatic carbocycles. The molecule has 2 aromatic rings. The predicted molar refractivity (Wildman–Crippen MR) is 91.1 cm³/mol. The van der Waals surface area contributed by atoms with Gasteiger partial charge in [-0.15, -0.1) is 0 Å². The third kappa shape index (κ3) is 3.72. The van der Waals surface area contributed by atoms with Gasteiger partial charge in [0.2, 0.25) is 10.0 Å². The Hall–Kier alpha value is -2.43. The van der Waals surface area contributed by atoms with Crippen molar-refractivity contribution in [3.05, 3.63) is 64.1 Å². The number of hydrogen-bond acceptors (Lipinski definition) is 4. The molecule has 0 atom stereocenters. The van der Waals surface area contributed by atoms with Crippen LogP contribution in [0.5, 0.6) is 0 Å². The number of benzene rings is 1. The van der Waals surface area contributed by atoms with Crippen molar-refractivity contribution in [1.82, 2.24) is 8.87 Å². The molecule has 0 amide bonds. The fourth-order valence-electron chi connectivity index (χ4n) is 2.38. The Bertz CT molecular complexity index is 905. The summed E-state index contributed by atoms with van der Waals surface area (Å²) in [4.78, 5) is 12.1. The van der Waals surface area contributed by atoms with Crippen LogP contribution in [0, 0.1) is 11.3 Å². The molecule has 1 aromatic heterocycles. The standard InChI is InChI=1S/C17H19N3O3S/c1-3-20(4-2)24(22,23)16-9-10-17(21)19(13-16)12-15-7-5-14(11-18)6-8-15/h5-10,13H,3-4,12H2,1-2H3. The van der Waals surface area contributed by atoms with E-state index in [9.17, 15) is 13.2 Å². The smallest absolute Gasteiger partial charge is 0.250 e. The largest absolute Gasteiger partial charge is 0.310 e. The molecule has 0 fully saturated rings. The topological polar surface area (TPSA) is 83.2 Å². The molecule has 24 heavy (non-hydrogen) atoms. The lowest BCUT2D eigenvalue weighted by molar-refractivity contribution is 0.444. The van der Waals surface area contributed by atoms with Gasteiger partial charge in [0.1, 0.15) is 0 Å². The number of nitrogens with zero attached hydrogens (tertiary/aromatic N) is 3. The summed E-state index contributed by atoms with van der Waals surface area (Å²) < 4.78 is 27.8. The monoisotopic (exact) mass is 345 g/mol. The lowest BCUT2D eigenvalue weighted by Gasteiger charge is -2.19. The summed E-state index contributed by atoms with van der Waals surface area (Å²) in [6, 6.07) is 11.5. The average molecular weight is 345 g/mol. The van der Waals surface area contributed by atoms with Crippen LogP contribution in [0.2, 0.25) is 0 Å². The molecule has 0 aliphatic carbocycles. The predicted octanol–water partition coefficient (Wildman–Crippen LogP) is 1.80. The third-order valence-electron chi connectivity index (χ3n) is 3.74. The Morgan fingerprint density at radius 3 is 2.25 bits per heavy atom. The second-order valence-corrected chi connectivity index (χ2v) is 7.17. The van der Waals surface area contributed by atoms with E-state index in [1.54, 1.807) is 38.1 Å². The average Bonchev–Trinajstić information content (AvgIpc) is 2.58. The third-order valence-corrected chi connectivity index (χ3v) is 5.77. The molecule has 126 valence electrons. The number of sulfonamides is 1. The molecule has 1 heterocycles. The first-order chi connectivity index (χ1) is 11.4. The Balaban J connectivity index is 2.38. The molecule has 0 aliphatic rings. The molecule has 0 spiro atoms. The minimum atomic E-state index is -3.61. The SMILES string of the molecule is CCN(CC)S(=O)(=O)c1ccc(=O)n(Cc2ccc(C#N)cc2)c1. The van der Waals surface area contributed by atoms with Crippen molar-refractivity contribution >= 4 is 10.0 Å². The normalized spacial score (nSPS) is 11.4. The lowest BCUT2D eigenvalue weighted by Crippen LogP contribution is -2.32. The van der Waals surface area contributed by atoms with Gasteiger partial charge in [-0.25, -0.2) is 8.42 Å². The Morgan fingerprint density at radius 1 is 1.08 bits per heavy atom. The summed E-state index contributed by atoms with van der Waals surface area (Å²) >= 11 is 0. The first kappa shape index (κ1) is 17.9. The van der Waals surface area contributed by atoms with Crippen LogP contribution in [0.1, 0.15) is 25.0 Å². The maximum atomic E-state index is 12.6. The van der Waals surface area contributed by atoms with Crippen LogP contribution < -0.4 is 5.56 Å². The summed E-state index contributed by atoms with van der Waals surface area (Å²) in [6.45, 7) is 4.52. The van der Waals surface area contributed by atoms with Crippen molar-refractivity contribution in [2.75, 3.05) is 13.1 Å². The number of aromatic nitrogens is 1. The van der Waals surface area contributed by atoms with Crippen LogP contribution in [0.3, 0.4) is 0 Å². The van der Waals surface area contributed by atoms with Gasteiger partial charge in [-0.3, -0.25) is 4.79 Å². The molecule has 0 saturated carbocycles. The van der Waals surface area contributed by atoms with Crippen LogP contribution in [0.15, 0.2) is 52.3 Å². The quantitative estimate of drug-likeness (QED) is 0.799. The van der Waals surface area contributed by atoms with Gasteiger partial charge in [0.05, 0.1) is 23.1 Å². The van der Waals surface area contributed by atoms with E-state index in [-0.39, 0.29) is 17.0 Å². The van der Waals surface area contributed by atoms with Gasteiger partial charge in [0, 0.05) is 25.4 Å². The first-order valence-corrected chi connectivity index (χ1v) is 9.06. The van der Waals surface area contributed by atoms with Gasteiger partial charge < -0.3 is 4.57 Å². The molecule has 2 rings (SSSR count). The van der Waals surface area contributed by atoms with Crippen LogP contribution in [-0.2, 0) is 16.6 Å². The fourth-order valence-corrected chi connectivity index (χ4v) is 3.86. The Labute approximate surface area is 141 Å². The molecule has 7 heteroatoms. The molecule has 0 bridgehead atoms. The van der Waals surface area contributed by atoms with E-state index in [0.29, 0.717) is 18.7 Å². The Kier molecular flexibility index (Phi) is 5.54. The maximum absolute atomic E-state index is 12.6. The first-order valence-electron chi connectivity index (χ1n) is 7.62. The van der Waals surface area contributed by atoms with Gasteiger partial charge >= 0.3 is 0 Å². The molecule has 0 radical (unpaired) electrons. The molecule has 0 N–H and O–H groups in total. The van der Waals surface area contributed by atoms with Crippen LogP contribution in [0.4, 0.5) is 0 Å². The molecule has 0 unspecified atom stereocenters. The summed E-state index contributed by atoms with van der Waals surface area (Å²) in [5.74, 6) is 0. The van der Waals surface area contributed by atoms with Crippen LogP contribution in [0.25, 0.3) is 0 Å². The van der Waals surface area contributed by atoms with Crippen molar-refractivity contribution in [1.29, 1.82) is 5.26 Å². The minimum Gasteiger partial charge on any atom is -0.310 e. The van der Waals surface area contributed by atoms with E-state index in [1.165, 1.54) is 27.2 Å². The van der Waals surface area contributed by atoms with E-state index in [4.69, 9.17) is 5.26 Å². The molecular formula is C17H19N3O3S. The van der Waals surface area contributed by atoms with E-state index in [1.807, 2.05) is 6.07 Å². The highest BCUT2D eigenvalue weighted by Crippen LogP contribution is 2.14. The minimum absolute atomic E-state index is 0.0967. The van der Waals surface area contributed by atoms with Gasteiger partial charge in [0.25, 0.3) is 5.56 Å². The summed E-state index contributed by atoms with van der Waals surface area (Å²) in [5, 5.41) is 8.81. The van der Waals surface area contributed by atoms with Gasteiger partial charge in [-0.2, -0.15) is 9.57 Å². The number of hydrogen-bond donors (Lipinski definition) is 0. The van der Waals surface area contributed by atoms with Gasteiger partial charge in [-0.05, 0) is 23.8 Å². The van der Waals surface area contributed by atoms with Crippen molar-refractivity contribution < 1.29 is 8.42 Å². The zero-order valence-electron chi connectivity index (χ0n) is 13.6. The molecular weight excluding hydrogens is 326 g/mol. The fraction of sp³-hybridized carbons (Fsp3) is 0.294. The van der Waals surface area contributed by atoms with Crippen LogP contribution >= 0.6 is 0 Å². The summed E-state index contributed by atoms with van der Waals surface area (Å²) in [5.41, 5.74) is 1.07. The molecule has 0 aliphatic heterocycles. The van der Waals surface area contributed by atoms with Gasteiger partial charge in [0.15, 0.2) is 0 Å². The zero-order chi connectivity index (χ0) is 17.7. The highest BCUT2D eigenvalue weighted by Gasteiger charge is 2.22. The number of rotatable bonds is 6. The highest BCUT2D eigenvalue weighted by atomic mass is 32.2. The lowest BCUT2D eigenvalue weighted by atomic mass is 10.1. The van der Waals surface area contributed by atoms with E-state index >= 15 is 0 Å². The summed E-state index contributed by atoms with van der Waals surface area (Å²) in [7, 11) is -3.61. The van der Waals surface area contributed by atoms with Crippen molar-refractivity contribution in [3.8, 4) is 6.07 Å². The second-order valence-electron chi connectivity index (χ2n) is 5.23.